The molecule has 0 bridgehead atoms. The van der Waals surface area contributed by atoms with Crippen molar-refractivity contribution in [2.75, 3.05) is 29.5 Å². The van der Waals surface area contributed by atoms with E-state index in [-0.39, 0.29) is 17.3 Å². The summed E-state index contributed by atoms with van der Waals surface area (Å²) in [7, 11) is 0. The molecule has 0 aromatic carbocycles. The first-order chi connectivity index (χ1) is 15.4. The third-order valence-electron chi connectivity index (χ3n) is 6.41. The number of halogens is 2. The Morgan fingerprint density at radius 1 is 1.03 bits per heavy atom. The highest BCUT2D eigenvalue weighted by atomic mass is 35.5. The molecule has 1 aliphatic carbocycles. The predicted molar refractivity (Wildman–Crippen MR) is 128 cm³/mol. The Morgan fingerprint density at radius 3 is 2.56 bits per heavy atom. The monoisotopic (exact) mass is 488 g/mol. The molecule has 32 heavy (non-hydrogen) atoms. The largest absolute Gasteiger partial charge is 0.382 e. The Kier molecular flexibility index (Phi) is 5.53. The zero-order valence-electron chi connectivity index (χ0n) is 17.1. The van der Waals surface area contributed by atoms with Crippen molar-refractivity contribution < 1.29 is 0 Å². The molecule has 1 saturated heterocycles. The first kappa shape index (κ1) is 21.5. The minimum Gasteiger partial charge on any atom is -0.382 e. The van der Waals surface area contributed by atoms with E-state index in [1.54, 1.807) is 18.5 Å². The number of piperidine rings is 1. The molecule has 3 aromatic heterocycles. The second kappa shape index (κ2) is 8.22. The molecule has 8 nitrogen and oxygen atoms in total. The van der Waals surface area contributed by atoms with Crippen LogP contribution in [0, 0.1) is 5.41 Å². The Morgan fingerprint density at radius 2 is 1.81 bits per heavy atom. The van der Waals surface area contributed by atoms with E-state index in [2.05, 4.69) is 24.8 Å². The van der Waals surface area contributed by atoms with Gasteiger partial charge in [-0.1, -0.05) is 41.0 Å². The molecular formula is C21H22Cl2N8S. The van der Waals surface area contributed by atoms with Crippen molar-refractivity contribution in [1.29, 1.82) is 0 Å². The number of pyridine rings is 2. The maximum atomic E-state index is 6.65. The first-order valence-corrected chi connectivity index (χ1v) is 11.8. The number of rotatable bonds is 3. The van der Waals surface area contributed by atoms with Crippen molar-refractivity contribution >= 4 is 52.4 Å². The normalized spacial score (nSPS) is 19.3. The van der Waals surface area contributed by atoms with E-state index < -0.39 is 0 Å². The Labute approximate surface area is 199 Å². The maximum Gasteiger partial charge on any atom is 0.158 e. The van der Waals surface area contributed by atoms with Gasteiger partial charge in [-0.15, -0.1) is 0 Å². The highest BCUT2D eigenvalue weighted by Crippen LogP contribution is 2.50. The van der Waals surface area contributed by atoms with E-state index in [0.29, 0.717) is 21.0 Å². The molecular weight excluding hydrogens is 467 g/mol. The number of aromatic nitrogens is 4. The van der Waals surface area contributed by atoms with Crippen LogP contribution in [0.4, 0.5) is 17.5 Å². The van der Waals surface area contributed by atoms with E-state index in [1.807, 2.05) is 12.1 Å². The van der Waals surface area contributed by atoms with Crippen LogP contribution in [0.15, 0.2) is 40.5 Å². The summed E-state index contributed by atoms with van der Waals surface area (Å²) in [5.41, 5.74) is 20.8. The number of nitrogens with two attached hydrogens (primary N) is 3. The van der Waals surface area contributed by atoms with Crippen LogP contribution >= 0.6 is 35.0 Å². The van der Waals surface area contributed by atoms with E-state index in [4.69, 9.17) is 40.4 Å². The molecule has 0 amide bonds. The Hall–Kier alpha value is -2.33. The summed E-state index contributed by atoms with van der Waals surface area (Å²) in [5.74, 6) is 1.38. The van der Waals surface area contributed by atoms with Gasteiger partial charge in [0.2, 0.25) is 0 Å². The summed E-state index contributed by atoms with van der Waals surface area (Å²) < 4.78 is 0. The standard InChI is InChI=1S/C21H22Cl2N8S/c22-14-2-1-11-12(29-14)9-21(17(11)24)4-7-31(8-5-21)15-10-28-20(19(26)30-15)32-13-3-6-27-18(25)16(13)23/h1-3,6,10,17H,4-5,7-9,24H2,(H2,25,27)(H2,26,30)/t17-/m1/s1. The average Bonchev–Trinajstić information content (AvgIpc) is 3.03. The molecule has 11 heteroatoms. The van der Waals surface area contributed by atoms with Crippen LogP contribution in [0.1, 0.15) is 30.1 Å². The number of nitrogen functional groups attached to an aromatic ring is 2. The summed E-state index contributed by atoms with van der Waals surface area (Å²) in [4.78, 5) is 20.5. The highest BCUT2D eigenvalue weighted by Gasteiger charge is 2.46. The van der Waals surface area contributed by atoms with Gasteiger partial charge in [0.05, 0.1) is 11.2 Å². The van der Waals surface area contributed by atoms with Crippen molar-refractivity contribution in [1.82, 2.24) is 19.9 Å². The summed E-state index contributed by atoms with van der Waals surface area (Å²) >= 11 is 13.6. The summed E-state index contributed by atoms with van der Waals surface area (Å²) in [5, 5.41) is 1.48. The molecule has 166 valence electrons. The highest BCUT2D eigenvalue weighted by molar-refractivity contribution is 7.99. The molecule has 4 heterocycles. The molecule has 3 aromatic rings. The van der Waals surface area contributed by atoms with Gasteiger partial charge in [0.1, 0.15) is 21.8 Å². The van der Waals surface area contributed by atoms with Crippen LogP contribution in [0.3, 0.4) is 0 Å². The number of anilines is 3. The summed E-state index contributed by atoms with van der Waals surface area (Å²) in [6.07, 6.45) is 6.08. The summed E-state index contributed by atoms with van der Waals surface area (Å²) in [6.45, 7) is 1.64. The minimum atomic E-state index is -0.0307. The first-order valence-electron chi connectivity index (χ1n) is 10.2. The van der Waals surface area contributed by atoms with Crippen molar-refractivity contribution in [3.8, 4) is 0 Å². The van der Waals surface area contributed by atoms with Gasteiger partial charge in [-0.3, -0.25) is 0 Å². The van der Waals surface area contributed by atoms with E-state index in [9.17, 15) is 0 Å². The lowest BCUT2D eigenvalue weighted by atomic mass is 9.73. The van der Waals surface area contributed by atoms with Crippen LogP contribution < -0.4 is 22.1 Å². The average molecular weight is 489 g/mol. The fourth-order valence-corrected chi connectivity index (χ4v) is 5.77. The zero-order chi connectivity index (χ0) is 22.5. The topological polar surface area (TPSA) is 133 Å². The van der Waals surface area contributed by atoms with E-state index in [1.165, 1.54) is 11.8 Å². The van der Waals surface area contributed by atoms with Crippen molar-refractivity contribution in [2.45, 2.75) is 35.2 Å². The SMILES string of the molecule is Nc1nc(N2CCC3(CC2)Cc2nc(Cl)ccc2[C@H]3N)cnc1Sc1ccnc(N)c1Cl. The maximum absolute atomic E-state index is 6.65. The second-order valence-corrected chi connectivity index (χ2v) is 10.00. The van der Waals surface area contributed by atoms with Crippen LogP contribution in [-0.4, -0.2) is 33.0 Å². The fraction of sp³-hybridized carbons (Fsp3) is 0.333. The van der Waals surface area contributed by atoms with Gasteiger partial charge in [0.25, 0.3) is 0 Å². The molecule has 0 unspecified atom stereocenters. The number of hydrogen-bond acceptors (Lipinski definition) is 9. The molecule has 1 spiro atoms. The van der Waals surface area contributed by atoms with Crippen molar-refractivity contribution in [3.05, 3.63) is 52.0 Å². The number of fused-ring (bicyclic) bond motifs is 1. The van der Waals surface area contributed by atoms with Crippen LogP contribution in [0.5, 0.6) is 0 Å². The lowest BCUT2D eigenvalue weighted by molar-refractivity contribution is 0.186. The van der Waals surface area contributed by atoms with Gasteiger partial charge >= 0.3 is 0 Å². The summed E-state index contributed by atoms with van der Waals surface area (Å²) in [6, 6.07) is 5.58. The molecule has 2 aliphatic rings. The minimum absolute atomic E-state index is 0.00328. The van der Waals surface area contributed by atoms with Gasteiger partial charge in [-0.05, 0) is 42.4 Å². The van der Waals surface area contributed by atoms with Crippen molar-refractivity contribution in [2.24, 2.45) is 11.1 Å². The molecule has 0 saturated carbocycles. The molecule has 1 fully saturated rings. The van der Waals surface area contributed by atoms with Gasteiger partial charge in [-0.25, -0.2) is 19.9 Å². The van der Waals surface area contributed by atoms with Gasteiger partial charge in [0.15, 0.2) is 5.82 Å². The Bertz CT molecular complexity index is 1180. The molecule has 1 atom stereocenters. The lowest BCUT2D eigenvalue weighted by Gasteiger charge is -2.42. The zero-order valence-corrected chi connectivity index (χ0v) is 19.5. The van der Waals surface area contributed by atoms with Gasteiger partial charge in [-0.2, -0.15) is 0 Å². The second-order valence-electron chi connectivity index (χ2n) is 8.20. The van der Waals surface area contributed by atoms with Crippen LogP contribution in [0.2, 0.25) is 10.2 Å². The van der Waals surface area contributed by atoms with Gasteiger partial charge < -0.3 is 22.1 Å². The van der Waals surface area contributed by atoms with E-state index in [0.717, 1.165) is 54.3 Å². The fourth-order valence-electron chi connectivity index (χ4n) is 4.59. The predicted octanol–water partition coefficient (Wildman–Crippen LogP) is 3.73. The van der Waals surface area contributed by atoms with Gasteiger partial charge in [0, 0.05) is 35.9 Å². The number of nitrogens with zero attached hydrogens (tertiary/aromatic N) is 5. The molecule has 6 N–H and O–H groups in total. The Balaban J connectivity index is 1.29. The van der Waals surface area contributed by atoms with E-state index >= 15 is 0 Å². The molecule has 1 aliphatic heterocycles. The smallest absolute Gasteiger partial charge is 0.158 e. The third kappa shape index (κ3) is 3.73. The third-order valence-corrected chi connectivity index (χ3v) is 8.20. The van der Waals surface area contributed by atoms with Crippen molar-refractivity contribution in [3.63, 3.8) is 0 Å². The molecule has 5 rings (SSSR count). The van der Waals surface area contributed by atoms with Crippen LogP contribution in [0.25, 0.3) is 0 Å². The lowest BCUT2D eigenvalue weighted by Crippen LogP contribution is -2.44. The quantitative estimate of drug-likeness (QED) is 0.471. The molecule has 0 radical (unpaired) electrons. The van der Waals surface area contributed by atoms with Crippen LogP contribution in [-0.2, 0) is 6.42 Å². The number of hydrogen-bond donors (Lipinski definition) is 3.